The molecule has 1 aliphatic heterocycles. The molecular weight excluding hydrogens is 356 g/mol. The van der Waals surface area contributed by atoms with Crippen molar-refractivity contribution in [1.82, 2.24) is 0 Å². The molecule has 0 saturated heterocycles. The maximum absolute atomic E-state index is 4.36. The summed E-state index contributed by atoms with van der Waals surface area (Å²) in [4.78, 5) is 0. The molecule has 2 nitrogen and oxygen atoms in total. The number of rotatable bonds is 0. The van der Waals surface area contributed by atoms with Crippen molar-refractivity contribution in [2.75, 3.05) is 0 Å². The number of hydrogen-bond acceptors (Lipinski definition) is 2. The topological polar surface area (TPSA) is 24.7 Å². The van der Waals surface area contributed by atoms with Gasteiger partial charge in [0.25, 0.3) is 0 Å². The molecule has 0 spiro atoms. The Morgan fingerprint density at radius 2 is 1.17 bits per heavy atom. The van der Waals surface area contributed by atoms with Crippen molar-refractivity contribution in [3.8, 4) is 0 Å². The molecule has 2 aromatic carbocycles. The van der Waals surface area contributed by atoms with Crippen molar-refractivity contribution in [2.24, 2.45) is 10.2 Å². The first kappa shape index (κ1) is 12.1. The lowest BCUT2D eigenvalue weighted by atomic mass is 10.0. The Balaban J connectivity index is 2.10. The normalized spacial score (nSPS) is 13.4. The van der Waals surface area contributed by atoms with Crippen molar-refractivity contribution in [3.05, 3.63) is 56.5 Å². The van der Waals surface area contributed by atoms with Crippen molar-refractivity contribution in [2.45, 2.75) is 12.8 Å². The van der Waals surface area contributed by atoms with Crippen LogP contribution < -0.4 is 0 Å². The van der Waals surface area contributed by atoms with Gasteiger partial charge in [-0.15, -0.1) is 0 Å². The fourth-order valence-corrected chi connectivity index (χ4v) is 2.76. The summed E-state index contributed by atoms with van der Waals surface area (Å²) in [6.45, 7) is 0. The molecule has 0 amide bonds. The van der Waals surface area contributed by atoms with Gasteiger partial charge in [0.15, 0.2) is 0 Å². The molecular formula is C14H10Br2N2. The summed E-state index contributed by atoms with van der Waals surface area (Å²) in [6, 6.07) is 12.4. The van der Waals surface area contributed by atoms with E-state index in [0.717, 1.165) is 33.2 Å². The fraction of sp³-hybridized carbons (Fsp3) is 0.143. The number of hydrogen-bond donors (Lipinski definition) is 0. The summed E-state index contributed by atoms with van der Waals surface area (Å²) in [5.41, 5.74) is 4.40. The zero-order valence-electron chi connectivity index (χ0n) is 9.53. The maximum Gasteiger partial charge on any atom is 0.0900 e. The van der Waals surface area contributed by atoms with Gasteiger partial charge in [0.2, 0.25) is 0 Å². The van der Waals surface area contributed by atoms with E-state index >= 15 is 0 Å². The first-order chi connectivity index (χ1) is 8.72. The number of aryl methyl sites for hydroxylation is 2. The van der Waals surface area contributed by atoms with E-state index in [1.807, 2.05) is 12.1 Å². The van der Waals surface area contributed by atoms with E-state index in [1.165, 1.54) is 11.1 Å². The van der Waals surface area contributed by atoms with Crippen molar-refractivity contribution in [1.29, 1.82) is 0 Å². The smallest absolute Gasteiger partial charge is 0.0900 e. The van der Waals surface area contributed by atoms with Crippen LogP contribution in [-0.4, -0.2) is 0 Å². The molecule has 2 aromatic rings. The van der Waals surface area contributed by atoms with Gasteiger partial charge >= 0.3 is 0 Å². The minimum Gasteiger partial charge on any atom is -0.150 e. The zero-order chi connectivity index (χ0) is 12.5. The molecule has 4 heteroatoms. The lowest BCUT2D eigenvalue weighted by Gasteiger charge is -2.11. The number of nitrogens with zero attached hydrogens (tertiary/aromatic N) is 2. The molecule has 0 aliphatic carbocycles. The van der Waals surface area contributed by atoms with E-state index in [4.69, 9.17) is 0 Å². The fourth-order valence-electron chi connectivity index (χ4n) is 2.06. The Kier molecular flexibility index (Phi) is 3.31. The maximum atomic E-state index is 4.36. The predicted molar refractivity (Wildman–Crippen MR) is 79.9 cm³/mol. The van der Waals surface area contributed by atoms with Gasteiger partial charge in [-0.2, -0.15) is 10.2 Å². The minimum atomic E-state index is 0.954. The highest BCUT2D eigenvalue weighted by Crippen LogP contribution is 2.33. The van der Waals surface area contributed by atoms with Crippen LogP contribution in [0.15, 0.2) is 55.6 Å². The summed E-state index contributed by atoms with van der Waals surface area (Å²) in [6.07, 6.45) is 1.99. The van der Waals surface area contributed by atoms with Crippen LogP contribution in [0.2, 0.25) is 0 Å². The van der Waals surface area contributed by atoms with Gasteiger partial charge in [-0.25, -0.2) is 0 Å². The lowest BCUT2D eigenvalue weighted by Crippen LogP contribution is -1.94. The molecule has 90 valence electrons. The Morgan fingerprint density at radius 1 is 0.722 bits per heavy atom. The Hall–Kier alpha value is -1.000. The molecule has 0 fully saturated rings. The SMILES string of the molecule is Brc1ccc2c(c1)N=Nc1cc(Br)ccc1CC2. The number of halogens is 2. The Morgan fingerprint density at radius 3 is 1.61 bits per heavy atom. The molecule has 18 heavy (non-hydrogen) atoms. The molecule has 0 aromatic heterocycles. The molecule has 0 saturated carbocycles. The van der Waals surface area contributed by atoms with Crippen LogP contribution in [0.3, 0.4) is 0 Å². The molecule has 0 N–H and O–H groups in total. The molecule has 1 heterocycles. The van der Waals surface area contributed by atoms with Crippen molar-refractivity contribution < 1.29 is 0 Å². The van der Waals surface area contributed by atoms with Gasteiger partial charge in [-0.05, 0) is 48.2 Å². The molecule has 0 bridgehead atoms. The highest BCUT2D eigenvalue weighted by atomic mass is 79.9. The van der Waals surface area contributed by atoms with Gasteiger partial charge in [0.05, 0.1) is 11.4 Å². The van der Waals surface area contributed by atoms with E-state index in [2.05, 4.69) is 66.4 Å². The van der Waals surface area contributed by atoms with E-state index < -0.39 is 0 Å². The summed E-state index contributed by atoms with van der Waals surface area (Å²) >= 11 is 6.94. The standard InChI is InChI=1S/C14H10Br2N2/c15-11-5-3-9-1-2-10-4-6-12(16)8-14(10)18-17-13(9)7-11/h3-8H,1-2H2. The Bertz CT molecular complexity index is 580. The van der Waals surface area contributed by atoms with Crippen LogP contribution in [-0.2, 0) is 12.8 Å². The van der Waals surface area contributed by atoms with Crippen LogP contribution in [0.4, 0.5) is 11.4 Å². The molecule has 0 radical (unpaired) electrons. The second-order valence-corrected chi connectivity index (χ2v) is 6.08. The molecule has 0 unspecified atom stereocenters. The molecule has 1 aliphatic rings. The number of fused-ring (bicyclic) bond motifs is 2. The second kappa shape index (κ2) is 4.94. The first-order valence-electron chi connectivity index (χ1n) is 5.71. The first-order valence-corrected chi connectivity index (χ1v) is 7.29. The number of benzene rings is 2. The average molecular weight is 366 g/mol. The van der Waals surface area contributed by atoms with E-state index in [0.29, 0.717) is 0 Å². The third-order valence-electron chi connectivity index (χ3n) is 3.02. The zero-order valence-corrected chi connectivity index (χ0v) is 12.7. The second-order valence-electron chi connectivity index (χ2n) is 4.25. The summed E-state index contributed by atoms with van der Waals surface area (Å²) in [5.74, 6) is 0. The van der Waals surface area contributed by atoms with Gasteiger partial charge in [-0.3, -0.25) is 0 Å². The van der Waals surface area contributed by atoms with E-state index in [-0.39, 0.29) is 0 Å². The minimum absolute atomic E-state index is 0.954. The van der Waals surface area contributed by atoms with Crippen LogP contribution in [0.25, 0.3) is 0 Å². The highest BCUT2D eigenvalue weighted by Gasteiger charge is 2.10. The number of azo groups is 1. The third-order valence-corrected chi connectivity index (χ3v) is 4.01. The lowest BCUT2D eigenvalue weighted by molar-refractivity contribution is 0.934. The quantitative estimate of drug-likeness (QED) is 0.569. The van der Waals surface area contributed by atoms with E-state index in [1.54, 1.807) is 0 Å². The van der Waals surface area contributed by atoms with Crippen LogP contribution in [0, 0.1) is 0 Å². The monoisotopic (exact) mass is 364 g/mol. The summed E-state index contributed by atoms with van der Waals surface area (Å²) in [5, 5.41) is 8.73. The highest BCUT2D eigenvalue weighted by molar-refractivity contribution is 9.10. The van der Waals surface area contributed by atoms with Gasteiger partial charge < -0.3 is 0 Å². The third kappa shape index (κ3) is 2.40. The van der Waals surface area contributed by atoms with Crippen LogP contribution >= 0.6 is 31.9 Å². The van der Waals surface area contributed by atoms with Gasteiger partial charge in [-0.1, -0.05) is 44.0 Å². The van der Waals surface area contributed by atoms with Crippen molar-refractivity contribution in [3.63, 3.8) is 0 Å². The van der Waals surface area contributed by atoms with Crippen LogP contribution in [0.5, 0.6) is 0 Å². The molecule has 3 rings (SSSR count). The van der Waals surface area contributed by atoms with Gasteiger partial charge in [0.1, 0.15) is 0 Å². The van der Waals surface area contributed by atoms with Gasteiger partial charge in [0, 0.05) is 8.95 Å². The summed E-state index contributed by atoms with van der Waals surface area (Å²) < 4.78 is 2.07. The Labute approximate surface area is 122 Å². The predicted octanol–water partition coefficient (Wildman–Crippen LogP) is 5.73. The largest absolute Gasteiger partial charge is 0.150 e. The average Bonchev–Trinajstić information content (AvgIpc) is 2.34. The summed E-state index contributed by atoms with van der Waals surface area (Å²) in [7, 11) is 0. The van der Waals surface area contributed by atoms with Crippen molar-refractivity contribution >= 4 is 43.2 Å². The molecule has 0 atom stereocenters. The van der Waals surface area contributed by atoms with E-state index in [9.17, 15) is 0 Å². The van der Waals surface area contributed by atoms with Crippen LogP contribution in [0.1, 0.15) is 11.1 Å².